The molecule has 6 aliphatic rings. The Morgan fingerprint density at radius 2 is 0.789 bits per heavy atom. The van der Waals surface area contributed by atoms with Crippen LogP contribution in [0.3, 0.4) is 0 Å². The molecule has 0 amide bonds. The van der Waals surface area contributed by atoms with Crippen LogP contribution in [0.1, 0.15) is 174 Å². The second-order valence-corrected chi connectivity index (χ2v) is 24.1. The highest BCUT2D eigenvalue weighted by Gasteiger charge is 2.44. The summed E-state index contributed by atoms with van der Waals surface area (Å²) in [5.41, 5.74) is 18.3. The minimum Gasteiger partial charge on any atom is -0.0616 e. The van der Waals surface area contributed by atoms with E-state index in [0.29, 0.717) is 0 Å². The van der Waals surface area contributed by atoms with Crippen LogP contribution < -0.4 is 0 Å². The highest BCUT2D eigenvalue weighted by Crippen LogP contribution is 2.56. The van der Waals surface area contributed by atoms with Crippen molar-refractivity contribution in [3.63, 3.8) is 0 Å². The van der Waals surface area contributed by atoms with Gasteiger partial charge in [-0.15, -0.1) is 0 Å². The van der Waals surface area contributed by atoms with E-state index < -0.39 is 8.07 Å². The Kier molecular flexibility index (Phi) is 10.8. The normalized spacial score (nSPS) is 21.2. The lowest BCUT2D eigenvalue weighted by molar-refractivity contribution is 0.443. The molecular weight excluding hydrogens is 701 g/mol. The van der Waals surface area contributed by atoms with Crippen LogP contribution in [0, 0.1) is 24.7 Å². The van der Waals surface area contributed by atoms with Crippen molar-refractivity contribution >= 4 is 18.5 Å². The van der Waals surface area contributed by atoms with E-state index in [1.54, 1.807) is 43.8 Å². The Hall–Kier alpha value is -3.42. The molecule has 0 bridgehead atoms. The van der Waals surface area contributed by atoms with E-state index in [2.05, 4.69) is 111 Å². The summed E-state index contributed by atoms with van der Waals surface area (Å²) >= 11 is 0. The van der Waals surface area contributed by atoms with Gasteiger partial charge in [0.15, 0.2) is 0 Å². The lowest BCUT2D eigenvalue weighted by Gasteiger charge is -2.33. The molecule has 0 aliphatic heterocycles. The van der Waals surface area contributed by atoms with Crippen LogP contribution in [0.15, 0.2) is 96.1 Å². The van der Waals surface area contributed by atoms with Crippen LogP contribution in [0.2, 0.25) is 13.1 Å². The smallest absolute Gasteiger partial charge is 0.0616 e. The Labute approximate surface area is 346 Å². The molecule has 294 valence electrons. The van der Waals surface area contributed by atoms with Gasteiger partial charge >= 0.3 is 0 Å². The zero-order chi connectivity index (χ0) is 38.3. The molecule has 0 heterocycles. The van der Waals surface area contributed by atoms with Gasteiger partial charge in [-0.25, -0.2) is 0 Å². The third kappa shape index (κ3) is 7.43. The van der Waals surface area contributed by atoms with Crippen molar-refractivity contribution in [2.75, 3.05) is 0 Å². The van der Waals surface area contributed by atoms with Gasteiger partial charge in [-0.05, 0) is 128 Å². The summed E-state index contributed by atoms with van der Waals surface area (Å²) in [6.45, 7) is 5.53. The Morgan fingerprint density at radius 1 is 0.421 bits per heavy atom. The van der Waals surface area contributed by atoms with Gasteiger partial charge in [-0.3, -0.25) is 0 Å². The zero-order valence-electron chi connectivity index (χ0n) is 35.2. The van der Waals surface area contributed by atoms with Gasteiger partial charge < -0.3 is 0 Å². The van der Waals surface area contributed by atoms with Crippen LogP contribution in [0.25, 0.3) is 32.6 Å². The number of allylic oxidation sites excluding steroid dienone is 2. The molecule has 0 nitrogen and oxygen atoms in total. The summed E-state index contributed by atoms with van der Waals surface area (Å²) in [6, 6.07) is 34.4. The maximum Gasteiger partial charge on any atom is 0.113 e. The van der Waals surface area contributed by atoms with Crippen molar-refractivity contribution in [2.45, 2.75) is 153 Å². The molecule has 6 aliphatic carbocycles. The average Bonchev–Trinajstić information content (AvgIpc) is 4.09. The lowest BCUT2D eigenvalue weighted by atomic mass is 9.83. The van der Waals surface area contributed by atoms with Crippen LogP contribution in [-0.2, 0) is 0 Å². The van der Waals surface area contributed by atoms with Crippen molar-refractivity contribution in [3.8, 4) is 22.3 Å². The Morgan fingerprint density at radius 3 is 1.18 bits per heavy atom. The molecule has 0 saturated heterocycles. The van der Waals surface area contributed by atoms with Crippen LogP contribution in [-0.4, -0.2) is 8.07 Å². The third-order valence-electron chi connectivity index (χ3n) is 15.8. The summed E-state index contributed by atoms with van der Waals surface area (Å²) in [6.07, 6.45) is 32.8. The SMILES string of the molecule is C[Si](C)(C1=C(CC2CCCC2)[CH]c2cccc(-c3ccc(C4CCCCC4)cc3)c21)C1=C(CC2CCCC2)[CH]c2cccc(-c3ccc(C4CCCCC4)cc3)c21. The lowest BCUT2D eigenvalue weighted by Crippen LogP contribution is -2.32. The minimum absolute atomic E-state index is 0.740. The molecule has 0 N–H and O–H groups in total. The highest BCUT2D eigenvalue weighted by molar-refractivity contribution is 7.09. The van der Waals surface area contributed by atoms with Gasteiger partial charge in [0.05, 0.1) is 0 Å². The van der Waals surface area contributed by atoms with Crippen molar-refractivity contribution < 1.29 is 0 Å². The van der Waals surface area contributed by atoms with E-state index in [4.69, 9.17) is 0 Å². The monoisotopic (exact) mass is 766 g/mol. The molecule has 10 rings (SSSR count). The summed E-state index contributed by atoms with van der Waals surface area (Å²) < 4.78 is 0. The van der Waals surface area contributed by atoms with Crippen molar-refractivity contribution in [1.82, 2.24) is 0 Å². The topological polar surface area (TPSA) is 0 Å². The fraction of sp³-hybridized carbons (Fsp3) is 0.464. The molecule has 4 aromatic rings. The molecule has 0 aromatic heterocycles. The number of benzene rings is 4. The van der Waals surface area contributed by atoms with E-state index >= 15 is 0 Å². The van der Waals surface area contributed by atoms with Crippen molar-refractivity contribution in [3.05, 3.63) is 142 Å². The summed E-state index contributed by atoms with van der Waals surface area (Å²) in [4.78, 5) is 0. The fourth-order valence-electron chi connectivity index (χ4n) is 12.9. The highest BCUT2D eigenvalue weighted by atomic mass is 28.3. The molecule has 0 spiro atoms. The first-order valence-electron chi connectivity index (χ1n) is 23.7. The van der Waals surface area contributed by atoms with Gasteiger partial charge in [0.1, 0.15) is 8.07 Å². The second-order valence-electron chi connectivity index (χ2n) is 19.9. The number of rotatable bonds is 10. The van der Waals surface area contributed by atoms with Crippen molar-refractivity contribution in [1.29, 1.82) is 0 Å². The van der Waals surface area contributed by atoms with Gasteiger partial charge in [0.25, 0.3) is 0 Å². The summed E-state index contributed by atoms with van der Waals surface area (Å²) in [5.74, 6) is 3.11. The summed E-state index contributed by atoms with van der Waals surface area (Å²) in [7, 11) is -2.32. The molecule has 4 aromatic carbocycles. The second kappa shape index (κ2) is 16.3. The molecular formula is C56H66Si. The zero-order valence-corrected chi connectivity index (χ0v) is 36.2. The average molecular weight is 767 g/mol. The first-order valence-corrected chi connectivity index (χ1v) is 26.7. The van der Waals surface area contributed by atoms with E-state index in [1.807, 2.05) is 0 Å². The number of hydrogen-bond acceptors (Lipinski definition) is 0. The standard InChI is InChI=1S/C56H66Si/c1-57(2,55-49(35-39-15-9-10-16-39)37-47-23-13-25-51(53(47)55)45-31-27-43(28-32-45)41-19-5-3-6-20-41)56-50(36-40-17-11-12-18-40)38-48-24-14-26-52(54(48)56)46-33-29-44(30-34-46)42-21-7-4-8-22-42/h13-14,23-34,37-42H,3-12,15-22,35-36H2,1-2H3. The number of fused-ring (bicyclic) bond motifs is 2. The van der Waals surface area contributed by atoms with Gasteiger partial charge in [-0.2, -0.15) is 0 Å². The van der Waals surface area contributed by atoms with Gasteiger partial charge in [0, 0.05) is 12.8 Å². The van der Waals surface area contributed by atoms with Crippen LogP contribution in [0.4, 0.5) is 0 Å². The van der Waals surface area contributed by atoms with Gasteiger partial charge in [0.2, 0.25) is 0 Å². The number of hydrogen-bond donors (Lipinski definition) is 0. The summed E-state index contributed by atoms with van der Waals surface area (Å²) in [5, 5.41) is 3.50. The molecule has 1 heteroatoms. The maximum atomic E-state index is 2.76. The van der Waals surface area contributed by atoms with Gasteiger partial charge in [-0.1, -0.05) is 199 Å². The van der Waals surface area contributed by atoms with Crippen LogP contribution >= 0.6 is 0 Å². The van der Waals surface area contributed by atoms with E-state index in [9.17, 15) is 0 Å². The van der Waals surface area contributed by atoms with Crippen LogP contribution in [0.5, 0.6) is 0 Å². The fourth-order valence-corrected chi connectivity index (χ4v) is 16.9. The van der Waals surface area contributed by atoms with Crippen molar-refractivity contribution in [2.24, 2.45) is 11.8 Å². The third-order valence-corrected chi connectivity index (χ3v) is 19.5. The predicted octanol–water partition coefficient (Wildman–Crippen LogP) is 16.4. The first kappa shape index (κ1) is 37.8. The van der Waals surface area contributed by atoms with E-state index in [-0.39, 0.29) is 0 Å². The minimum atomic E-state index is -2.32. The molecule has 4 fully saturated rings. The maximum absolute atomic E-state index is 2.76. The molecule has 57 heavy (non-hydrogen) atoms. The molecule has 0 atom stereocenters. The Balaban J connectivity index is 1.10. The quantitative estimate of drug-likeness (QED) is 0.141. The largest absolute Gasteiger partial charge is 0.113 e. The van der Waals surface area contributed by atoms with E-state index in [0.717, 1.165) is 23.7 Å². The predicted molar refractivity (Wildman–Crippen MR) is 247 cm³/mol. The molecule has 0 unspecified atom stereocenters. The molecule has 4 saturated carbocycles. The molecule has 2 radical (unpaired) electrons. The van der Waals surface area contributed by atoms with E-state index in [1.165, 1.54) is 162 Å². The Bertz CT molecular complexity index is 1960. The first-order chi connectivity index (χ1) is 28.0.